The van der Waals surface area contributed by atoms with Gasteiger partial charge in [0.15, 0.2) is 0 Å². The summed E-state index contributed by atoms with van der Waals surface area (Å²) in [5.74, 6) is 0.458. The molecule has 0 aliphatic rings. The van der Waals surface area contributed by atoms with Crippen molar-refractivity contribution in [1.29, 1.82) is 0 Å². The first-order valence-corrected chi connectivity index (χ1v) is 5.39. The van der Waals surface area contributed by atoms with Crippen molar-refractivity contribution in [3.63, 3.8) is 0 Å². The molecule has 18 heavy (non-hydrogen) atoms. The van der Waals surface area contributed by atoms with E-state index in [9.17, 15) is 13.2 Å². The highest BCUT2D eigenvalue weighted by Gasteiger charge is 2.36. The Morgan fingerprint density at radius 3 is 2.56 bits per heavy atom. The highest BCUT2D eigenvalue weighted by atomic mass is 19.4. The molecule has 0 aliphatic carbocycles. The normalized spacial score (nSPS) is 12.1. The molecule has 2 aromatic rings. The van der Waals surface area contributed by atoms with Crippen molar-refractivity contribution in [2.45, 2.75) is 26.4 Å². The van der Waals surface area contributed by atoms with Crippen molar-refractivity contribution >= 4 is 5.52 Å². The Labute approximate surface area is 101 Å². The van der Waals surface area contributed by atoms with E-state index >= 15 is 0 Å². The lowest BCUT2D eigenvalue weighted by molar-refractivity contribution is -0.136. The van der Waals surface area contributed by atoms with Crippen LogP contribution in [0.15, 0.2) is 6.07 Å². The van der Waals surface area contributed by atoms with Gasteiger partial charge in [-0.1, -0.05) is 6.92 Å². The molecule has 0 fully saturated rings. The highest BCUT2D eigenvalue weighted by molar-refractivity contribution is 5.63. The molecule has 4 nitrogen and oxygen atoms in total. The van der Waals surface area contributed by atoms with Gasteiger partial charge in [-0.05, 0) is 13.3 Å². The monoisotopic (exact) mass is 259 g/mol. The molecule has 0 aromatic carbocycles. The van der Waals surface area contributed by atoms with Gasteiger partial charge in [-0.15, -0.1) is 5.10 Å². The number of aryl methyl sites for hydroxylation is 2. The minimum absolute atomic E-state index is 0.0348. The van der Waals surface area contributed by atoms with E-state index in [0.717, 1.165) is 10.6 Å². The minimum atomic E-state index is -4.45. The summed E-state index contributed by atoms with van der Waals surface area (Å²) in [5.41, 5.74) is -0.443. The lowest BCUT2D eigenvalue weighted by Crippen LogP contribution is -2.09. The van der Waals surface area contributed by atoms with Gasteiger partial charge in [0, 0.05) is 6.07 Å². The zero-order valence-electron chi connectivity index (χ0n) is 10.2. The fourth-order valence-corrected chi connectivity index (χ4v) is 1.88. The van der Waals surface area contributed by atoms with Gasteiger partial charge >= 0.3 is 6.18 Å². The predicted octanol–water partition coefficient (Wildman–Crippen LogP) is 2.63. The van der Waals surface area contributed by atoms with Crippen LogP contribution in [0.5, 0.6) is 5.88 Å². The number of alkyl halides is 3. The third-order valence-corrected chi connectivity index (χ3v) is 2.61. The number of fused-ring (bicyclic) bond motifs is 1. The van der Waals surface area contributed by atoms with E-state index < -0.39 is 11.7 Å². The zero-order valence-corrected chi connectivity index (χ0v) is 10.2. The van der Waals surface area contributed by atoms with Gasteiger partial charge < -0.3 is 4.74 Å². The SMILES string of the molecule is CCc1nc(C)nn2c(OC)cc(C(F)(F)F)c12. The van der Waals surface area contributed by atoms with Gasteiger partial charge in [0.2, 0.25) is 5.88 Å². The van der Waals surface area contributed by atoms with Crippen molar-refractivity contribution in [2.24, 2.45) is 0 Å². The summed E-state index contributed by atoms with van der Waals surface area (Å²) in [6.07, 6.45) is -4.06. The number of hydrogen-bond acceptors (Lipinski definition) is 3. The Morgan fingerprint density at radius 1 is 1.39 bits per heavy atom. The molecular weight excluding hydrogens is 247 g/mol. The van der Waals surface area contributed by atoms with Crippen molar-refractivity contribution in [1.82, 2.24) is 14.6 Å². The number of aromatic nitrogens is 3. The maximum atomic E-state index is 13.0. The summed E-state index contributed by atoms with van der Waals surface area (Å²) in [5, 5.41) is 3.97. The van der Waals surface area contributed by atoms with E-state index in [2.05, 4.69) is 10.1 Å². The first-order valence-electron chi connectivity index (χ1n) is 5.39. The molecule has 0 atom stereocenters. The average molecular weight is 259 g/mol. The molecule has 7 heteroatoms. The second-order valence-corrected chi connectivity index (χ2v) is 3.82. The molecular formula is C11H12F3N3O. The van der Waals surface area contributed by atoms with Gasteiger partial charge in [-0.25, -0.2) is 4.98 Å². The van der Waals surface area contributed by atoms with Crippen molar-refractivity contribution in [3.8, 4) is 5.88 Å². The van der Waals surface area contributed by atoms with Gasteiger partial charge in [0.25, 0.3) is 0 Å². The Hall–Kier alpha value is -1.79. The van der Waals surface area contributed by atoms with E-state index in [-0.39, 0.29) is 11.4 Å². The molecule has 0 saturated heterocycles. The number of hydrogen-bond donors (Lipinski definition) is 0. The van der Waals surface area contributed by atoms with E-state index in [4.69, 9.17) is 4.74 Å². The van der Waals surface area contributed by atoms with E-state index in [0.29, 0.717) is 17.9 Å². The Kier molecular flexibility index (Phi) is 2.92. The summed E-state index contributed by atoms with van der Waals surface area (Å²) < 4.78 is 45.0. The molecule has 2 aromatic heterocycles. The maximum absolute atomic E-state index is 13.0. The quantitative estimate of drug-likeness (QED) is 0.832. The predicted molar refractivity (Wildman–Crippen MR) is 58.7 cm³/mol. The summed E-state index contributed by atoms with van der Waals surface area (Å²) in [6, 6.07) is 0.947. The van der Waals surface area contributed by atoms with Crippen LogP contribution in [0.2, 0.25) is 0 Å². The fraction of sp³-hybridized carbons (Fsp3) is 0.455. The molecule has 0 radical (unpaired) electrons. The van der Waals surface area contributed by atoms with Crippen LogP contribution in [0.4, 0.5) is 13.2 Å². The molecule has 2 heterocycles. The average Bonchev–Trinajstić information content (AvgIpc) is 2.66. The Balaban J connectivity index is 2.89. The standard InChI is InChI=1S/C11H12F3N3O/c1-4-8-10-7(11(12,13)14)5-9(18-3)17(10)16-6(2)15-8/h5H,4H2,1-3H3. The molecule has 0 bridgehead atoms. The second-order valence-electron chi connectivity index (χ2n) is 3.82. The molecule has 0 N–H and O–H groups in total. The van der Waals surface area contributed by atoms with Crippen LogP contribution in [0, 0.1) is 6.92 Å². The molecule has 0 spiro atoms. The minimum Gasteiger partial charge on any atom is -0.481 e. The first kappa shape index (κ1) is 12.7. The molecule has 98 valence electrons. The van der Waals surface area contributed by atoms with Crippen LogP contribution < -0.4 is 4.74 Å². The van der Waals surface area contributed by atoms with Crippen molar-refractivity contribution in [2.75, 3.05) is 7.11 Å². The van der Waals surface area contributed by atoms with Crippen LogP contribution in [0.3, 0.4) is 0 Å². The molecule has 0 amide bonds. The maximum Gasteiger partial charge on any atom is 0.418 e. The summed E-state index contributed by atoms with van der Waals surface area (Å²) in [7, 11) is 1.31. The van der Waals surface area contributed by atoms with Gasteiger partial charge in [0.05, 0.1) is 18.4 Å². The second kappa shape index (κ2) is 4.15. The molecule has 0 unspecified atom stereocenters. The molecule has 0 aliphatic heterocycles. The van der Waals surface area contributed by atoms with Crippen molar-refractivity contribution in [3.05, 3.63) is 23.1 Å². The van der Waals surface area contributed by atoms with E-state index in [1.54, 1.807) is 13.8 Å². The van der Waals surface area contributed by atoms with Crippen LogP contribution in [0.1, 0.15) is 24.0 Å². The third-order valence-electron chi connectivity index (χ3n) is 2.61. The highest BCUT2D eigenvalue weighted by Crippen LogP contribution is 2.37. The zero-order chi connectivity index (χ0) is 13.5. The van der Waals surface area contributed by atoms with Crippen LogP contribution in [-0.4, -0.2) is 21.7 Å². The van der Waals surface area contributed by atoms with E-state index in [1.807, 2.05) is 0 Å². The van der Waals surface area contributed by atoms with Crippen LogP contribution in [0.25, 0.3) is 5.52 Å². The smallest absolute Gasteiger partial charge is 0.418 e. The number of ether oxygens (including phenoxy) is 1. The molecule has 0 saturated carbocycles. The van der Waals surface area contributed by atoms with Crippen LogP contribution in [-0.2, 0) is 12.6 Å². The van der Waals surface area contributed by atoms with Crippen LogP contribution >= 0.6 is 0 Å². The van der Waals surface area contributed by atoms with Gasteiger partial charge in [-0.3, -0.25) is 0 Å². The summed E-state index contributed by atoms with van der Waals surface area (Å²) >= 11 is 0. The third kappa shape index (κ3) is 1.89. The molecule has 2 rings (SSSR count). The van der Waals surface area contributed by atoms with Crippen molar-refractivity contribution < 1.29 is 17.9 Å². The van der Waals surface area contributed by atoms with E-state index in [1.165, 1.54) is 7.11 Å². The Bertz CT molecular complexity index is 589. The topological polar surface area (TPSA) is 39.4 Å². The van der Waals surface area contributed by atoms with Gasteiger partial charge in [-0.2, -0.15) is 17.7 Å². The number of nitrogens with zero attached hydrogens (tertiary/aromatic N) is 3. The number of halogens is 3. The Morgan fingerprint density at radius 2 is 2.06 bits per heavy atom. The lowest BCUT2D eigenvalue weighted by Gasteiger charge is -2.08. The summed E-state index contributed by atoms with van der Waals surface area (Å²) in [4.78, 5) is 4.05. The fourth-order valence-electron chi connectivity index (χ4n) is 1.88. The first-order chi connectivity index (χ1) is 8.38. The van der Waals surface area contributed by atoms with Gasteiger partial charge in [0.1, 0.15) is 11.3 Å². The lowest BCUT2D eigenvalue weighted by atomic mass is 10.2. The summed E-state index contributed by atoms with van der Waals surface area (Å²) in [6.45, 7) is 3.38. The largest absolute Gasteiger partial charge is 0.481 e. The number of rotatable bonds is 2. The number of methoxy groups -OCH3 is 1.